The van der Waals surface area contributed by atoms with Gasteiger partial charge in [0.2, 0.25) is 5.91 Å². The van der Waals surface area contributed by atoms with E-state index in [1.54, 1.807) is 0 Å². The third kappa shape index (κ3) is 8.12. The molecule has 1 heterocycles. The zero-order chi connectivity index (χ0) is 22.1. The van der Waals surface area contributed by atoms with Crippen LogP contribution in [0.4, 0.5) is 0 Å². The van der Waals surface area contributed by atoms with Crippen molar-refractivity contribution in [1.29, 1.82) is 0 Å². The van der Waals surface area contributed by atoms with Crippen molar-refractivity contribution in [1.82, 2.24) is 16.1 Å². The van der Waals surface area contributed by atoms with Gasteiger partial charge in [-0.25, -0.2) is 5.48 Å². The molecule has 0 radical (unpaired) electrons. The van der Waals surface area contributed by atoms with Gasteiger partial charge in [0.1, 0.15) is 6.04 Å². The number of carbonyl (C=O) groups excluding carboxylic acids is 3. The number of nitrogens with one attached hydrogen (secondary N) is 3. The fourth-order valence-corrected chi connectivity index (χ4v) is 2.90. The van der Waals surface area contributed by atoms with Gasteiger partial charge in [0, 0.05) is 6.54 Å². The molecule has 3 N–H and O–H groups in total. The minimum atomic E-state index is -0.913. The second-order valence-electron chi connectivity index (χ2n) is 8.38. The molecule has 1 aliphatic heterocycles. The second-order valence-corrected chi connectivity index (χ2v) is 8.38. The summed E-state index contributed by atoms with van der Waals surface area (Å²) in [4.78, 5) is 42.2. The summed E-state index contributed by atoms with van der Waals surface area (Å²) in [5.41, 5.74) is 3.21. The molecule has 166 valence electrons. The van der Waals surface area contributed by atoms with Crippen molar-refractivity contribution in [3.8, 4) is 0 Å². The molecule has 1 aromatic carbocycles. The smallest absolute Gasteiger partial charge is 0.275 e. The molecular weight excluding hydrogens is 386 g/mol. The van der Waals surface area contributed by atoms with Crippen LogP contribution >= 0.6 is 0 Å². The quantitative estimate of drug-likeness (QED) is 0.353. The molecule has 1 aliphatic rings. The fourth-order valence-electron chi connectivity index (χ4n) is 2.90. The Morgan fingerprint density at radius 1 is 1.00 bits per heavy atom. The molecule has 0 aromatic heterocycles. The summed E-state index contributed by atoms with van der Waals surface area (Å²) >= 11 is 0. The molecule has 3 amide bonds. The van der Waals surface area contributed by atoms with Crippen molar-refractivity contribution in [3.05, 3.63) is 35.9 Å². The second kappa shape index (κ2) is 11.7. The van der Waals surface area contributed by atoms with E-state index in [2.05, 4.69) is 30.0 Å². The highest BCUT2D eigenvalue weighted by atomic mass is 16.7. The molecule has 8 nitrogen and oxygen atoms in total. The summed E-state index contributed by atoms with van der Waals surface area (Å²) in [5, 5.41) is 5.59. The maximum Gasteiger partial charge on any atom is 0.275 e. The number of epoxide rings is 1. The Hall–Kier alpha value is -2.45. The first-order chi connectivity index (χ1) is 14.3. The molecule has 1 fully saturated rings. The molecule has 30 heavy (non-hydrogen) atoms. The van der Waals surface area contributed by atoms with E-state index >= 15 is 0 Å². The number of amides is 3. The van der Waals surface area contributed by atoms with E-state index in [0.29, 0.717) is 18.9 Å². The van der Waals surface area contributed by atoms with E-state index in [0.717, 1.165) is 12.0 Å². The lowest BCUT2D eigenvalue weighted by Crippen LogP contribution is -2.49. The standard InChI is InChI=1S/C22H33N3O5/c1-14(2)10-11-23-20(26)17(12-15(3)4)24-21(27)18-19(30-18)22(28)25-29-13-16-8-6-5-7-9-16/h5-9,14-15,17-19H,10-13H2,1-4H3,(H,23,26)(H,24,27)(H,25,28)/t17-,18-,19-/m0/s1. The zero-order valence-electron chi connectivity index (χ0n) is 18.1. The summed E-state index contributed by atoms with van der Waals surface area (Å²) < 4.78 is 5.21. The first-order valence-electron chi connectivity index (χ1n) is 10.5. The minimum Gasteiger partial charge on any atom is -0.354 e. The molecular formula is C22H33N3O5. The number of rotatable bonds is 12. The predicted octanol–water partition coefficient (Wildman–Crippen LogP) is 1.70. The maximum absolute atomic E-state index is 12.5. The van der Waals surface area contributed by atoms with Gasteiger partial charge in [0.25, 0.3) is 11.8 Å². The lowest BCUT2D eigenvalue weighted by atomic mass is 10.0. The maximum atomic E-state index is 12.5. The fraction of sp³-hybridized carbons (Fsp3) is 0.591. The number of hydrogen-bond donors (Lipinski definition) is 3. The van der Waals surface area contributed by atoms with Crippen LogP contribution in [0.5, 0.6) is 0 Å². The van der Waals surface area contributed by atoms with E-state index in [4.69, 9.17) is 9.57 Å². The van der Waals surface area contributed by atoms with Crippen LogP contribution in [0.2, 0.25) is 0 Å². The third-order valence-electron chi connectivity index (χ3n) is 4.62. The lowest BCUT2D eigenvalue weighted by molar-refractivity contribution is -0.136. The Kier molecular flexibility index (Phi) is 9.26. The normalized spacial score (nSPS) is 18.7. The van der Waals surface area contributed by atoms with Crippen LogP contribution in [-0.4, -0.2) is 42.5 Å². The average molecular weight is 420 g/mol. The van der Waals surface area contributed by atoms with E-state index < -0.39 is 30.1 Å². The van der Waals surface area contributed by atoms with Crippen LogP contribution in [0.3, 0.4) is 0 Å². The van der Waals surface area contributed by atoms with Crippen LogP contribution in [0, 0.1) is 11.8 Å². The molecule has 3 atom stereocenters. The summed E-state index contributed by atoms with van der Waals surface area (Å²) in [6.07, 6.45) is -0.457. The summed E-state index contributed by atoms with van der Waals surface area (Å²) in [5.74, 6) is -0.510. The van der Waals surface area contributed by atoms with Crippen molar-refractivity contribution < 1.29 is 24.0 Å². The lowest BCUT2D eigenvalue weighted by Gasteiger charge is -2.20. The number of ether oxygens (including phenoxy) is 1. The molecule has 1 aromatic rings. The van der Waals surface area contributed by atoms with Gasteiger partial charge < -0.3 is 15.4 Å². The van der Waals surface area contributed by atoms with E-state index in [-0.39, 0.29) is 18.4 Å². The Morgan fingerprint density at radius 3 is 2.30 bits per heavy atom. The average Bonchev–Trinajstić information content (AvgIpc) is 3.48. The first-order valence-corrected chi connectivity index (χ1v) is 10.5. The van der Waals surface area contributed by atoms with Gasteiger partial charge in [0.05, 0.1) is 6.61 Å². The Morgan fingerprint density at radius 2 is 1.67 bits per heavy atom. The molecule has 0 spiro atoms. The van der Waals surface area contributed by atoms with Gasteiger partial charge in [0.15, 0.2) is 12.2 Å². The third-order valence-corrected chi connectivity index (χ3v) is 4.62. The van der Waals surface area contributed by atoms with Crippen LogP contribution < -0.4 is 16.1 Å². The first kappa shape index (κ1) is 23.8. The SMILES string of the molecule is CC(C)CCNC(=O)[C@H](CC(C)C)NC(=O)[C@H]1O[C@@H]1C(=O)NOCc1ccccc1. The highest BCUT2D eigenvalue weighted by molar-refractivity contribution is 5.96. The van der Waals surface area contributed by atoms with Gasteiger partial charge in [-0.2, -0.15) is 0 Å². The zero-order valence-corrected chi connectivity index (χ0v) is 18.1. The van der Waals surface area contributed by atoms with Crippen LogP contribution in [0.25, 0.3) is 0 Å². The van der Waals surface area contributed by atoms with Crippen LogP contribution in [0.1, 0.15) is 46.1 Å². The monoisotopic (exact) mass is 419 g/mol. The van der Waals surface area contributed by atoms with Crippen molar-refractivity contribution in [2.24, 2.45) is 11.8 Å². The molecule has 0 aliphatic carbocycles. The topological polar surface area (TPSA) is 109 Å². The number of hydroxylamine groups is 1. The minimum absolute atomic E-state index is 0.211. The predicted molar refractivity (Wildman–Crippen MR) is 112 cm³/mol. The van der Waals surface area contributed by atoms with E-state index in [9.17, 15) is 14.4 Å². The summed E-state index contributed by atoms with van der Waals surface area (Å²) in [6, 6.07) is 8.72. The van der Waals surface area contributed by atoms with Crippen molar-refractivity contribution in [3.63, 3.8) is 0 Å². The molecule has 0 bridgehead atoms. The number of hydrogen-bond acceptors (Lipinski definition) is 5. The van der Waals surface area contributed by atoms with Gasteiger partial charge >= 0.3 is 0 Å². The van der Waals surface area contributed by atoms with Gasteiger partial charge in [-0.15, -0.1) is 0 Å². The highest BCUT2D eigenvalue weighted by Gasteiger charge is 2.51. The van der Waals surface area contributed by atoms with Crippen LogP contribution in [-0.2, 0) is 30.6 Å². The molecule has 1 saturated heterocycles. The van der Waals surface area contributed by atoms with Crippen molar-refractivity contribution in [2.75, 3.05) is 6.54 Å². The Labute approximate surface area is 178 Å². The van der Waals surface area contributed by atoms with Crippen molar-refractivity contribution in [2.45, 2.75) is 65.4 Å². The van der Waals surface area contributed by atoms with Gasteiger partial charge in [-0.1, -0.05) is 58.0 Å². The van der Waals surface area contributed by atoms with Gasteiger partial charge in [-0.3, -0.25) is 19.2 Å². The highest BCUT2D eigenvalue weighted by Crippen LogP contribution is 2.23. The van der Waals surface area contributed by atoms with E-state index in [1.807, 2.05) is 44.2 Å². The van der Waals surface area contributed by atoms with Crippen LogP contribution in [0.15, 0.2) is 30.3 Å². The number of benzene rings is 1. The summed E-state index contributed by atoms with van der Waals surface area (Å²) in [6.45, 7) is 8.90. The van der Waals surface area contributed by atoms with E-state index in [1.165, 1.54) is 0 Å². The van der Waals surface area contributed by atoms with Crippen molar-refractivity contribution >= 4 is 17.7 Å². The largest absolute Gasteiger partial charge is 0.354 e. The summed E-state index contributed by atoms with van der Waals surface area (Å²) in [7, 11) is 0. The Balaban J connectivity index is 1.77. The molecule has 0 unspecified atom stereocenters. The molecule has 0 saturated carbocycles. The molecule has 2 rings (SSSR count). The van der Waals surface area contributed by atoms with Gasteiger partial charge in [-0.05, 0) is 30.2 Å². The number of carbonyl (C=O) groups is 3. The Bertz CT molecular complexity index is 708. The molecule has 8 heteroatoms.